The van der Waals surface area contributed by atoms with Crippen LogP contribution >= 0.6 is 15.9 Å². The van der Waals surface area contributed by atoms with E-state index in [-0.39, 0.29) is 11.4 Å². The van der Waals surface area contributed by atoms with Gasteiger partial charge in [0.15, 0.2) is 0 Å². The molecule has 1 amide bonds. The second-order valence-electron chi connectivity index (χ2n) is 3.64. The van der Waals surface area contributed by atoms with Crippen molar-refractivity contribution in [2.45, 2.75) is 0 Å². The topological polar surface area (TPSA) is 51.2 Å². The highest BCUT2D eigenvalue weighted by Crippen LogP contribution is 2.22. The second kappa shape index (κ2) is 5.79. The number of carbonyl (C=O) groups excluding carboxylic acids is 1. The van der Waals surface area contributed by atoms with E-state index in [1.54, 1.807) is 18.2 Å². The first-order valence-corrected chi connectivity index (χ1v) is 6.16. The van der Waals surface area contributed by atoms with Crippen molar-refractivity contribution < 1.29 is 13.9 Å². The van der Waals surface area contributed by atoms with Crippen molar-refractivity contribution in [1.82, 2.24) is 4.98 Å². The Kier molecular flexibility index (Phi) is 4.11. The van der Waals surface area contributed by atoms with Crippen LogP contribution in [-0.2, 0) is 0 Å². The minimum absolute atomic E-state index is 0.0471. The highest BCUT2D eigenvalue weighted by atomic mass is 79.9. The lowest BCUT2D eigenvalue weighted by atomic mass is 10.2. The third-order valence-electron chi connectivity index (χ3n) is 2.39. The minimum atomic E-state index is -0.602. The van der Waals surface area contributed by atoms with Crippen LogP contribution in [0.25, 0.3) is 0 Å². The first-order chi connectivity index (χ1) is 9.11. The fourth-order valence-electron chi connectivity index (χ4n) is 1.51. The van der Waals surface area contributed by atoms with E-state index in [0.29, 0.717) is 10.2 Å². The van der Waals surface area contributed by atoms with E-state index in [0.717, 1.165) is 0 Å². The van der Waals surface area contributed by atoms with E-state index >= 15 is 0 Å². The molecule has 0 radical (unpaired) electrons. The number of amides is 1. The Morgan fingerprint density at radius 3 is 2.89 bits per heavy atom. The number of rotatable bonds is 3. The molecule has 0 aliphatic carbocycles. The van der Waals surface area contributed by atoms with Crippen LogP contribution in [0.1, 0.15) is 10.4 Å². The Labute approximate surface area is 117 Å². The molecule has 0 aliphatic heterocycles. The summed E-state index contributed by atoms with van der Waals surface area (Å²) in [4.78, 5) is 15.9. The van der Waals surface area contributed by atoms with Gasteiger partial charge in [-0.25, -0.2) is 9.37 Å². The molecule has 0 unspecified atom stereocenters. The Balaban J connectivity index is 2.26. The maximum absolute atomic E-state index is 13.6. The van der Waals surface area contributed by atoms with Gasteiger partial charge in [0, 0.05) is 10.7 Å². The monoisotopic (exact) mass is 324 g/mol. The lowest BCUT2D eigenvalue weighted by Crippen LogP contribution is -2.14. The van der Waals surface area contributed by atoms with Crippen molar-refractivity contribution >= 4 is 27.5 Å². The van der Waals surface area contributed by atoms with Gasteiger partial charge >= 0.3 is 0 Å². The second-order valence-corrected chi connectivity index (χ2v) is 4.55. The molecule has 0 fully saturated rings. The predicted octanol–water partition coefficient (Wildman–Crippen LogP) is 3.24. The van der Waals surface area contributed by atoms with Crippen LogP contribution in [-0.4, -0.2) is 18.0 Å². The summed E-state index contributed by atoms with van der Waals surface area (Å²) in [6.45, 7) is 0. The van der Waals surface area contributed by atoms with Crippen LogP contribution in [0.15, 0.2) is 41.0 Å². The van der Waals surface area contributed by atoms with Gasteiger partial charge in [-0.1, -0.05) is 15.9 Å². The van der Waals surface area contributed by atoms with Gasteiger partial charge in [0.25, 0.3) is 5.91 Å². The van der Waals surface area contributed by atoms with Gasteiger partial charge in [-0.15, -0.1) is 0 Å². The molecule has 4 nitrogen and oxygen atoms in total. The highest BCUT2D eigenvalue weighted by molar-refractivity contribution is 9.10. The van der Waals surface area contributed by atoms with Gasteiger partial charge in [-0.05, 0) is 30.3 Å². The van der Waals surface area contributed by atoms with Crippen LogP contribution in [0, 0.1) is 5.82 Å². The molecule has 2 rings (SSSR count). The minimum Gasteiger partial charge on any atom is -0.480 e. The number of carbonyl (C=O) groups is 1. The summed E-state index contributed by atoms with van der Waals surface area (Å²) in [7, 11) is 1.44. The zero-order chi connectivity index (χ0) is 13.8. The summed E-state index contributed by atoms with van der Waals surface area (Å²) in [5.74, 6) is -0.889. The fraction of sp³-hybridized carbons (Fsp3) is 0.0769. The fourth-order valence-corrected chi connectivity index (χ4v) is 1.85. The first-order valence-electron chi connectivity index (χ1n) is 5.37. The summed E-state index contributed by atoms with van der Waals surface area (Å²) in [5.41, 5.74) is 0.339. The molecular formula is C13H10BrFN2O2. The van der Waals surface area contributed by atoms with Gasteiger partial charge in [-0.2, -0.15) is 0 Å². The van der Waals surface area contributed by atoms with E-state index in [4.69, 9.17) is 4.74 Å². The molecule has 0 bridgehead atoms. The summed E-state index contributed by atoms with van der Waals surface area (Å²) in [5, 5.41) is 2.56. The number of hydrogen-bond acceptors (Lipinski definition) is 3. The normalized spacial score (nSPS) is 10.1. The number of methoxy groups -OCH3 is 1. The third kappa shape index (κ3) is 3.08. The average Bonchev–Trinajstić information content (AvgIpc) is 2.39. The summed E-state index contributed by atoms with van der Waals surface area (Å²) >= 11 is 3.13. The number of hydrogen-bond donors (Lipinski definition) is 1. The van der Waals surface area contributed by atoms with Crippen molar-refractivity contribution in [3.05, 3.63) is 52.4 Å². The summed E-state index contributed by atoms with van der Waals surface area (Å²) in [6, 6.07) is 7.50. The molecule has 0 saturated heterocycles. The molecular weight excluding hydrogens is 315 g/mol. The van der Waals surface area contributed by atoms with Crippen molar-refractivity contribution in [2.24, 2.45) is 0 Å². The Bertz CT molecular complexity index is 619. The van der Waals surface area contributed by atoms with E-state index in [2.05, 4.69) is 26.2 Å². The molecule has 0 saturated carbocycles. The predicted molar refractivity (Wildman–Crippen MR) is 72.8 cm³/mol. The van der Waals surface area contributed by atoms with Crippen molar-refractivity contribution in [3.63, 3.8) is 0 Å². The third-order valence-corrected chi connectivity index (χ3v) is 2.88. The van der Waals surface area contributed by atoms with E-state index in [1.165, 1.54) is 25.4 Å². The molecule has 2 aromatic rings. The lowest BCUT2D eigenvalue weighted by Gasteiger charge is -2.09. The van der Waals surface area contributed by atoms with E-state index in [1.807, 2.05) is 0 Å². The maximum Gasteiger partial charge on any atom is 0.258 e. The molecule has 6 heteroatoms. The Morgan fingerprint density at radius 2 is 2.21 bits per heavy atom. The molecule has 1 aromatic carbocycles. The van der Waals surface area contributed by atoms with Crippen LogP contribution in [0.3, 0.4) is 0 Å². The number of aromatic nitrogens is 1. The van der Waals surface area contributed by atoms with Gasteiger partial charge in [-0.3, -0.25) is 4.79 Å². The van der Waals surface area contributed by atoms with E-state index in [9.17, 15) is 9.18 Å². The number of benzene rings is 1. The standard InChI is InChI=1S/C13H10BrFN2O2/c1-19-13-11(3-2-6-16-13)17-12(18)9-5-4-8(14)7-10(9)15/h2-7H,1H3,(H,17,18). The van der Waals surface area contributed by atoms with Crippen molar-refractivity contribution in [1.29, 1.82) is 0 Å². The zero-order valence-electron chi connectivity index (χ0n) is 9.98. The molecule has 19 heavy (non-hydrogen) atoms. The largest absolute Gasteiger partial charge is 0.480 e. The first kappa shape index (κ1) is 13.5. The van der Waals surface area contributed by atoms with Crippen LogP contribution in [0.5, 0.6) is 5.88 Å². The molecule has 1 aromatic heterocycles. The Morgan fingerprint density at radius 1 is 1.42 bits per heavy atom. The van der Waals surface area contributed by atoms with Crippen LogP contribution in [0.2, 0.25) is 0 Å². The van der Waals surface area contributed by atoms with Gasteiger partial charge < -0.3 is 10.1 Å². The van der Waals surface area contributed by atoms with Gasteiger partial charge in [0.05, 0.1) is 12.7 Å². The van der Waals surface area contributed by atoms with E-state index < -0.39 is 11.7 Å². The maximum atomic E-state index is 13.6. The smallest absolute Gasteiger partial charge is 0.258 e. The molecule has 98 valence electrons. The number of pyridine rings is 1. The molecule has 0 aliphatic rings. The Hall–Kier alpha value is -1.95. The van der Waals surface area contributed by atoms with Crippen molar-refractivity contribution in [2.75, 3.05) is 12.4 Å². The number of ether oxygens (including phenoxy) is 1. The molecule has 1 N–H and O–H groups in total. The zero-order valence-corrected chi connectivity index (χ0v) is 11.6. The molecule has 0 spiro atoms. The lowest BCUT2D eigenvalue weighted by molar-refractivity contribution is 0.102. The molecule has 0 atom stereocenters. The summed E-state index contributed by atoms with van der Waals surface area (Å²) < 4.78 is 19.2. The number of nitrogens with zero attached hydrogens (tertiary/aromatic N) is 1. The van der Waals surface area contributed by atoms with Crippen molar-refractivity contribution in [3.8, 4) is 5.88 Å². The SMILES string of the molecule is COc1ncccc1NC(=O)c1ccc(Br)cc1F. The number of nitrogens with one attached hydrogen (secondary N) is 1. The number of halogens is 2. The van der Waals surface area contributed by atoms with Gasteiger partial charge in [0.1, 0.15) is 11.5 Å². The van der Waals surface area contributed by atoms with Gasteiger partial charge in [0.2, 0.25) is 5.88 Å². The molecule has 1 heterocycles. The van der Waals surface area contributed by atoms with Crippen LogP contribution < -0.4 is 10.1 Å². The average molecular weight is 325 g/mol. The van der Waals surface area contributed by atoms with Crippen LogP contribution in [0.4, 0.5) is 10.1 Å². The highest BCUT2D eigenvalue weighted by Gasteiger charge is 2.14. The quantitative estimate of drug-likeness (QED) is 0.942. The summed E-state index contributed by atoms with van der Waals surface area (Å²) in [6.07, 6.45) is 1.54. The number of anilines is 1.